The van der Waals surface area contributed by atoms with Gasteiger partial charge in [-0.15, -0.1) is 0 Å². The van der Waals surface area contributed by atoms with Crippen molar-refractivity contribution in [3.8, 4) is 5.75 Å². The molecule has 1 aromatic heterocycles. The summed E-state index contributed by atoms with van der Waals surface area (Å²) >= 11 is 0. The minimum Gasteiger partial charge on any atom is -0.494 e. The first-order valence-corrected chi connectivity index (χ1v) is 9.67. The lowest BCUT2D eigenvalue weighted by molar-refractivity contribution is -0.127. The van der Waals surface area contributed by atoms with Crippen molar-refractivity contribution in [2.24, 2.45) is 0 Å². The first-order chi connectivity index (χ1) is 12.8. The topological polar surface area (TPSA) is 67.4 Å². The average Bonchev–Trinajstić information content (AvgIpc) is 3.10. The Kier molecular flexibility index (Phi) is 5.29. The van der Waals surface area contributed by atoms with E-state index in [-0.39, 0.29) is 5.91 Å². The Morgan fingerprint density at radius 1 is 1.23 bits per heavy atom. The zero-order valence-electron chi connectivity index (χ0n) is 15.1. The molecule has 2 fully saturated rings. The number of hydrogen-bond acceptors (Lipinski definition) is 5. The maximum Gasteiger partial charge on any atom is 0.222 e. The Balaban J connectivity index is 1.42. The number of ether oxygens (including phenoxy) is 1. The van der Waals surface area contributed by atoms with Crippen molar-refractivity contribution in [1.82, 2.24) is 20.2 Å². The highest BCUT2D eigenvalue weighted by molar-refractivity contribution is 5.82. The van der Waals surface area contributed by atoms with E-state index in [1.165, 1.54) is 0 Å². The highest BCUT2D eigenvalue weighted by Crippen LogP contribution is 2.30. The van der Waals surface area contributed by atoms with Gasteiger partial charge in [0.2, 0.25) is 5.91 Å². The molecule has 138 valence electrons. The van der Waals surface area contributed by atoms with Crippen LogP contribution in [-0.4, -0.2) is 53.6 Å². The van der Waals surface area contributed by atoms with E-state index in [9.17, 15) is 4.79 Å². The fourth-order valence-corrected chi connectivity index (χ4v) is 3.95. The molecule has 0 atom stereocenters. The van der Waals surface area contributed by atoms with Crippen molar-refractivity contribution in [3.63, 3.8) is 0 Å². The van der Waals surface area contributed by atoms with Crippen LogP contribution >= 0.6 is 0 Å². The van der Waals surface area contributed by atoms with Gasteiger partial charge in [0.15, 0.2) is 0 Å². The minimum absolute atomic E-state index is 0.277. The first-order valence-electron chi connectivity index (χ1n) is 9.67. The molecule has 1 aromatic carbocycles. The number of benzene rings is 1. The summed E-state index contributed by atoms with van der Waals surface area (Å²) < 4.78 is 5.95. The molecule has 6 heteroatoms. The van der Waals surface area contributed by atoms with Gasteiger partial charge in [-0.2, -0.15) is 0 Å². The van der Waals surface area contributed by atoms with E-state index in [0.29, 0.717) is 18.9 Å². The highest BCUT2D eigenvalue weighted by atomic mass is 16.5. The van der Waals surface area contributed by atoms with Crippen LogP contribution in [0, 0.1) is 0 Å². The van der Waals surface area contributed by atoms with E-state index < -0.39 is 0 Å². The van der Waals surface area contributed by atoms with Gasteiger partial charge in [-0.3, -0.25) is 4.79 Å². The summed E-state index contributed by atoms with van der Waals surface area (Å²) in [6.07, 6.45) is 6.44. The number of aromatic nitrogens is 2. The molecule has 1 amide bonds. The van der Waals surface area contributed by atoms with Gasteiger partial charge in [-0.05, 0) is 57.0 Å². The number of carbonyl (C=O) groups is 1. The molecule has 2 aromatic rings. The molecule has 26 heavy (non-hydrogen) atoms. The van der Waals surface area contributed by atoms with Crippen LogP contribution in [0.2, 0.25) is 0 Å². The molecule has 0 spiro atoms. The minimum atomic E-state index is 0.277. The number of nitrogens with one attached hydrogen (secondary N) is 1. The molecule has 0 bridgehead atoms. The Labute approximate surface area is 154 Å². The second-order valence-electron chi connectivity index (χ2n) is 7.15. The van der Waals surface area contributed by atoms with E-state index in [2.05, 4.69) is 21.4 Å². The maximum atomic E-state index is 11.6. The van der Waals surface area contributed by atoms with E-state index in [1.807, 2.05) is 17.0 Å². The third kappa shape index (κ3) is 3.80. The molecule has 1 N–H and O–H groups in total. The van der Waals surface area contributed by atoms with Gasteiger partial charge < -0.3 is 15.0 Å². The maximum absolute atomic E-state index is 11.6. The molecule has 6 nitrogen and oxygen atoms in total. The zero-order chi connectivity index (χ0) is 17.8. The number of amides is 1. The summed E-state index contributed by atoms with van der Waals surface area (Å²) in [5.74, 6) is 1.62. The van der Waals surface area contributed by atoms with Crippen LogP contribution in [0.25, 0.3) is 10.9 Å². The van der Waals surface area contributed by atoms with Crippen molar-refractivity contribution in [1.29, 1.82) is 0 Å². The van der Waals surface area contributed by atoms with Crippen molar-refractivity contribution in [2.75, 3.05) is 32.8 Å². The lowest BCUT2D eigenvalue weighted by Crippen LogP contribution is -2.27. The smallest absolute Gasteiger partial charge is 0.222 e. The third-order valence-corrected chi connectivity index (χ3v) is 5.38. The summed E-state index contributed by atoms with van der Waals surface area (Å²) in [5.41, 5.74) is 2.12. The summed E-state index contributed by atoms with van der Waals surface area (Å²) in [5, 5.41) is 4.51. The molecule has 2 aliphatic rings. The number of nitrogens with zero attached hydrogens (tertiary/aromatic N) is 3. The molecule has 0 aliphatic carbocycles. The van der Waals surface area contributed by atoms with Crippen molar-refractivity contribution in [3.05, 3.63) is 30.2 Å². The standard InChI is InChI=1S/C20H26N4O2/c25-19-3-1-10-24(19)11-2-12-26-16-4-5-18-17(13-16)20(23-14-22-18)15-6-8-21-9-7-15/h4-5,13-15,21H,1-3,6-12H2. The molecule has 0 saturated carbocycles. The predicted octanol–water partition coefficient (Wildman–Crippen LogP) is 2.49. The van der Waals surface area contributed by atoms with Gasteiger partial charge in [0.1, 0.15) is 12.1 Å². The van der Waals surface area contributed by atoms with Crippen molar-refractivity contribution >= 4 is 16.8 Å². The molecule has 2 aliphatic heterocycles. The van der Waals surface area contributed by atoms with Crippen LogP contribution in [0.1, 0.15) is 43.7 Å². The van der Waals surface area contributed by atoms with Crippen molar-refractivity contribution < 1.29 is 9.53 Å². The number of hydrogen-bond donors (Lipinski definition) is 1. The molecular formula is C20H26N4O2. The summed E-state index contributed by atoms with van der Waals surface area (Å²) in [7, 11) is 0. The van der Waals surface area contributed by atoms with Crippen LogP contribution in [0.5, 0.6) is 5.75 Å². The molecule has 0 radical (unpaired) electrons. The summed E-state index contributed by atoms with van der Waals surface area (Å²) in [4.78, 5) is 22.6. The molecule has 4 rings (SSSR count). The van der Waals surface area contributed by atoms with Crippen LogP contribution in [0.4, 0.5) is 0 Å². The van der Waals surface area contributed by atoms with E-state index in [4.69, 9.17) is 4.74 Å². The van der Waals surface area contributed by atoms with Crippen LogP contribution < -0.4 is 10.1 Å². The lowest BCUT2D eigenvalue weighted by Gasteiger charge is -2.23. The van der Waals surface area contributed by atoms with Gasteiger partial charge in [0.05, 0.1) is 17.8 Å². The Bertz CT molecular complexity index is 773. The number of likely N-dealkylation sites (tertiary alicyclic amines) is 1. The molecule has 0 unspecified atom stereocenters. The fourth-order valence-electron chi connectivity index (χ4n) is 3.95. The quantitative estimate of drug-likeness (QED) is 0.807. The summed E-state index contributed by atoms with van der Waals surface area (Å²) in [6, 6.07) is 6.07. The first kappa shape index (κ1) is 17.2. The second-order valence-corrected chi connectivity index (χ2v) is 7.15. The van der Waals surface area contributed by atoms with Crippen molar-refractivity contribution in [2.45, 2.75) is 38.0 Å². The Hall–Kier alpha value is -2.21. The van der Waals surface area contributed by atoms with Gasteiger partial charge in [-0.1, -0.05) is 0 Å². The zero-order valence-corrected chi connectivity index (χ0v) is 15.1. The fraction of sp³-hybridized carbons (Fsp3) is 0.550. The molecular weight excluding hydrogens is 328 g/mol. The van der Waals surface area contributed by atoms with E-state index >= 15 is 0 Å². The normalized spacial score (nSPS) is 18.6. The predicted molar refractivity (Wildman–Crippen MR) is 100 cm³/mol. The Morgan fingerprint density at radius 3 is 2.92 bits per heavy atom. The summed E-state index contributed by atoms with van der Waals surface area (Å²) in [6.45, 7) is 4.39. The SMILES string of the molecule is O=C1CCCN1CCCOc1ccc2ncnc(C3CCNCC3)c2c1. The monoisotopic (exact) mass is 354 g/mol. The largest absolute Gasteiger partial charge is 0.494 e. The number of carbonyl (C=O) groups excluding carboxylic acids is 1. The van der Waals surface area contributed by atoms with E-state index in [0.717, 1.165) is 74.2 Å². The van der Waals surface area contributed by atoms with E-state index in [1.54, 1.807) is 6.33 Å². The van der Waals surface area contributed by atoms with Crippen LogP contribution in [-0.2, 0) is 4.79 Å². The lowest BCUT2D eigenvalue weighted by atomic mass is 9.92. The average molecular weight is 354 g/mol. The number of rotatable bonds is 6. The van der Waals surface area contributed by atoms with Gasteiger partial charge in [-0.25, -0.2) is 9.97 Å². The highest BCUT2D eigenvalue weighted by Gasteiger charge is 2.20. The van der Waals surface area contributed by atoms with Gasteiger partial charge in [0.25, 0.3) is 0 Å². The molecule has 2 saturated heterocycles. The van der Waals surface area contributed by atoms with Crippen LogP contribution in [0.15, 0.2) is 24.5 Å². The third-order valence-electron chi connectivity index (χ3n) is 5.38. The second kappa shape index (κ2) is 7.99. The molecule has 3 heterocycles. The van der Waals surface area contributed by atoms with Gasteiger partial charge in [0, 0.05) is 30.8 Å². The van der Waals surface area contributed by atoms with Gasteiger partial charge >= 0.3 is 0 Å². The number of fused-ring (bicyclic) bond motifs is 1. The van der Waals surface area contributed by atoms with Crippen LogP contribution in [0.3, 0.4) is 0 Å². The Morgan fingerprint density at radius 2 is 2.12 bits per heavy atom. The number of piperidine rings is 1.